The SMILES string of the molecule is CCNc1cncc(NCC2(CO)CCCCC2)n1. The molecule has 3 N–H and O–H groups in total. The Kier molecular flexibility index (Phi) is 4.96. The minimum absolute atomic E-state index is 0.0219. The lowest BCUT2D eigenvalue weighted by Crippen LogP contribution is -2.35. The zero-order valence-electron chi connectivity index (χ0n) is 11.7. The van der Waals surface area contributed by atoms with Gasteiger partial charge in [-0.2, -0.15) is 0 Å². The average Bonchev–Trinajstić information content (AvgIpc) is 2.47. The van der Waals surface area contributed by atoms with Crippen LogP contribution in [-0.4, -0.2) is 34.8 Å². The molecule has 1 saturated carbocycles. The van der Waals surface area contributed by atoms with Crippen molar-refractivity contribution in [3.63, 3.8) is 0 Å². The van der Waals surface area contributed by atoms with Gasteiger partial charge in [0.1, 0.15) is 11.6 Å². The Balaban J connectivity index is 1.94. The van der Waals surface area contributed by atoms with Crippen LogP contribution >= 0.6 is 0 Å². The van der Waals surface area contributed by atoms with Gasteiger partial charge in [0.05, 0.1) is 19.0 Å². The van der Waals surface area contributed by atoms with Gasteiger partial charge in [0.2, 0.25) is 0 Å². The van der Waals surface area contributed by atoms with Gasteiger partial charge in [0, 0.05) is 18.5 Å². The first kappa shape index (κ1) is 14.1. The first-order valence-electron chi connectivity index (χ1n) is 7.19. The molecule has 1 aliphatic rings. The van der Waals surface area contributed by atoms with Gasteiger partial charge in [0.15, 0.2) is 0 Å². The van der Waals surface area contributed by atoms with E-state index in [0.29, 0.717) is 0 Å². The Labute approximate surface area is 114 Å². The molecule has 0 radical (unpaired) electrons. The summed E-state index contributed by atoms with van der Waals surface area (Å²) in [5.41, 5.74) is 0.0219. The van der Waals surface area contributed by atoms with Crippen LogP contribution in [0, 0.1) is 5.41 Å². The fourth-order valence-electron chi connectivity index (χ4n) is 2.69. The molecule has 1 aromatic rings. The summed E-state index contributed by atoms with van der Waals surface area (Å²) in [6.45, 7) is 3.89. The highest BCUT2D eigenvalue weighted by Crippen LogP contribution is 2.35. The Morgan fingerprint density at radius 3 is 2.47 bits per heavy atom. The molecular weight excluding hydrogens is 240 g/mol. The fraction of sp³-hybridized carbons (Fsp3) is 0.714. The maximum atomic E-state index is 9.67. The summed E-state index contributed by atoms with van der Waals surface area (Å²) in [5.74, 6) is 1.56. The van der Waals surface area contributed by atoms with Crippen LogP contribution in [0.4, 0.5) is 11.6 Å². The van der Waals surface area contributed by atoms with Crippen molar-refractivity contribution in [1.29, 1.82) is 0 Å². The van der Waals surface area contributed by atoms with E-state index in [2.05, 4.69) is 20.6 Å². The van der Waals surface area contributed by atoms with Crippen molar-refractivity contribution in [3.05, 3.63) is 12.4 Å². The number of nitrogens with one attached hydrogen (secondary N) is 2. The van der Waals surface area contributed by atoms with Gasteiger partial charge in [-0.05, 0) is 19.8 Å². The average molecular weight is 264 g/mol. The number of aliphatic hydroxyl groups is 1. The lowest BCUT2D eigenvalue weighted by atomic mass is 9.74. The number of hydrogen-bond donors (Lipinski definition) is 3. The summed E-state index contributed by atoms with van der Waals surface area (Å²) >= 11 is 0. The van der Waals surface area contributed by atoms with E-state index in [1.807, 2.05) is 6.92 Å². The molecular formula is C14H24N4O. The third-order valence-corrected chi connectivity index (χ3v) is 3.89. The highest BCUT2D eigenvalue weighted by molar-refractivity contribution is 5.41. The summed E-state index contributed by atoms with van der Waals surface area (Å²) in [6.07, 6.45) is 9.35. The van der Waals surface area contributed by atoms with Gasteiger partial charge >= 0.3 is 0 Å². The molecule has 1 aromatic heterocycles. The summed E-state index contributed by atoms with van der Waals surface area (Å²) < 4.78 is 0. The Hall–Kier alpha value is -1.36. The van der Waals surface area contributed by atoms with E-state index in [1.165, 1.54) is 19.3 Å². The van der Waals surface area contributed by atoms with Crippen LogP contribution in [-0.2, 0) is 0 Å². The van der Waals surface area contributed by atoms with E-state index in [0.717, 1.165) is 37.6 Å². The van der Waals surface area contributed by atoms with Crippen molar-refractivity contribution in [3.8, 4) is 0 Å². The lowest BCUT2D eigenvalue weighted by molar-refractivity contribution is 0.0943. The zero-order valence-corrected chi connectivity index (χ0v) is 11.7. The highest BCUT2D eigenvalue weighted by Gasteiger charge is 2.31. The summed E-state index contributed by atoms with van der Waals surface area (Å²) in [5, 5.41) is 16.1. The first-order valence-corrected chi connectivity index (χ1v) is 7.19. The van der Waals surface area contributed by atoms with Gasteiger partial charge in [-0.1, -0.05) is 19.3 Å². The van der Waals surface area contributed by atoms with Crippen molar-refractivity contribution in [1.82, 2.24) is 9.97 Å². The molecule has 2 rings (SSSR count). The van der Waals surface area contributed by atoms with Crippen molar-refractivity contribution in [2.75, 3.05) is 30.3 Å². The molecule has 0 bridgehead atoms. The normalized spacial score (nSPS) is 18.0. The predicted octanol–water partition coefficient (Wildman–Crippen LogP) is 2.26. The molecule has 0 amide bonds. The minimum Gasteiger partial charge on any atom is -0.396 e. The molecule has 1 aliphatic carbocycles. The largest absolute Gasteiger partial charge is 0.396 e. The van der Waals surface area contributed by atoms with Gasteiger partial charge < -0.3 is 15.7 Å². The minimum atomic E-state index is 0.0219. The molecule has 1 fully saturated rings. The quantitative estimate of drug-likeness (QED) is 0.735. The molecule has 0 spiro atoms. The van der Waals surface area contributed by atoms with E-state index < -0.39 is 0 Å². The van der Waals surface area contributed by atoms with Gasteiger partial charge in [-0.25, -0.2) is 4.98 Å². The molecule has 106 valence electrons. The number of rotatable bonds is 6. The van der Waals surface area contributed by atoms with E-state index in [9.17, 15) is 5.11 Å². The van der Waals surface area contributed by atoms with Crippen LogP contribution in [0.2, 0.25) is 0 Å². The van der Waals surface area contributed by atoms with Crippen LogP contribution in [0.15, 0.2) is 12.4 Å². The van der Waals surface area contributed by atoms with Crippen LogP contribution in [0.5, 0.6) is 0 Å². The van der Waals surface area contributed by atoms with Gasteiger partial charge in [-0.3, -0.25) is 4.98 Å². The third kappa shape index (κ3) is 3.80. The van der Waals surface area contributed by atoms with E-state index in [1.54, 1.807) is 12.4 Å². The smallest absolute Gasteiger partial charge is 0.146 e. The number of aromatic nitrogens is 2. The monoisotopic (exact) mass is 264 g/mol. The standard InChI is InChI=1S/C14H24N4O/c1-2-16-12-8-15-9-13(18-12)17-10-14(11-19)6-4-3-5-7-14/h8-9,19H,2-7,10-11H2,1H3,(H2,16,17,18). The van der Waals surface area contributed by atoms with Crippen molar-refractivity contribution >= 4 is 11.6 Å². The molecule has 0 atom stereocenters. The molecule has 1 heterocycles. The van der Waals surface area contributed by atoms with Crippen LogP contribution < -0.4 is 10.6 Å². The maximum absolute atomic E-state index is 9.67. The number of hydrogen-bond acceptors (Lipinski definition) is 5. The Morgan fingerprint density at radius 1 is 1.16 bits per heavy atom. The van der Waals surface area contributed by atoms with Crippen molar-refractivity contribution in [2.45, 2.75) is 39.0 Å². The molecule has 0 unspecified atom stereocenters. The van der Waals surface area contributed by atoms with Crippen LogP contribution in [0.3, 0.4) is 0 Å². The highest BCUT2D eigenvalue weighted by atomic mass is 16.3. The van der Waals surface area contributed by atoms with Gasteiger partial charge in [0.25, 0.3) is 0 Å². The van der Waals surface area contributed by atoms with E-state index in [4.69, 9.17) is 0 Å². The van der Waals surface area contributed by atoms with E-state index >= 15 is 0 Å². The second kappa shape index (κ2) is 6.70. The lowest BCUT2D eigenvalue weighted by Gasteiger charge is -2.35. The Bertz CT molecular complexity index is 391. The molecule has 5 heteroatoms. The molecule has 0 aliphatic heterocycles. The molecule has 19 heavy (non-hydrogen) atoms. The number of aliphatic hydroxyl groups excluding tert-OH is 1. The maximum Gasteiger partial charge on any atom is 0.146 e. The molecule has 0 aromatic carbocycles. The van der Waals surface area contributed by atoms with Crippen LogP contribution in [0.25, 0.3) is 0 Å². The number of nitrogens with zero attached hydrogens (tertiary/aromatic N) is 2. The summed E-state index contributed by atoms with van der Waals surface area (Å²) in [4.78, 5) is 8.61. The van der Waals surface area contributed by atoms with Crippen molar-refractivity contribution in [2.24, 2.45) is 5.41 Å². The van der Waals surface area contributed by atoms with Gasteiger partial charge in [-0.15, -0.1) is 0 Å². The first-order chi connectivity index (χ1) is 9.28. The van der Waals surface area contributed by atoms with E-state index in [-0.39, 0.29) is 12.0 Å². The molecule has 5 nitrogen and oxygen atoms in total. The third-order valence-electron chi connectivity index (χ3n) is 3.89. The van der Waals surface area contributed by atoms with Crippen molar-refractivity contribution < 1.29 is 5.11 Å². The summed E-state index contributed by atoms with van der Waals surface area (Å²) in [6, 6.07) is 0. The fourth-order valence-corrected chi connectivity index (χ4v) is 2.69. The second-order valence-electron chi connectivity index (χ2n) is 5.39. The number of anilines is 2. The second-order valence-corrected chi connectivity index (χ2v) is 5.39. The predicted molar refractivity (Wildman–Crippen MR) is 77.3 cm³/mol. The zero-order chi connectivity index (χ0) is 13.6. The summed E-state index contributed by atoms with van der Waals surface area (Å²) in [7, 11) is 0. The van der Waals surface area contributed by atoms with Crippen LogP contribution in [0.1, 0.15) is 39.0 Å². The Morgan fingerprint density at radius 2 is 1.84 bits per heavy atom. The molecule has 0 saturated heterocycles. The topological polar surface area (TPSA) is 70.1 Å².